The molecule has 2 rings (SSSR count). The molecule has 2 N–H and O–H groups in total. The average Bonchev–Trinajstić information content (AvgIpc) is 2.66. The Hall–Kier alpha value is -1.93. The molecule has 0 saturated carbocycles. The fourth-order valence-corrected chi connectivity index (χ4v) is 1.66. The summed E-state index contributed by atoms with van der Waals surface area (Å²) in [6.45, 7) is 1.52. The molecule has 0 radical (unpaired) electrons. The van der Waals surface area contributed by atoms with Crippen molar-refractivity contribution in [1.82, 2.24) is 5.16 Å². The number of nitrogens with two attached hydrogens (primary N) is 1. The van der Waals surface area contributed by atoms with Crippen LogP contribution < -0.4 is 5.73 Å². The molecule has 0 saturated heterocycles. The van der Waals surface area contributed by atoms with Crippen molar-refractivity contribution in [2.45, 2.75) is 6.92 Å². The standard InChI is InChI=1S/C12H10N2O2S/c1-8(15)17-6-2-3-9-4-5-11-10(7-9)12(13)14-16-11/h4-5,7H,6H2,1H3,(H2,13,14). The smallest absolute Gasteiger partial charge is 0.186 e. The third kappa shape index (κ3) is 2.80. The van der Waals surface area contributed by atoms with Gasteiger partial charge >= 0.3 is 0 Å². The Morgan fingerprint density at radius 1 is 1.59 bits per heavy atom. The molecular formula is C12H10N2O2S. The molecule has 1 heterocycles. The molecule has 17 heavy (non-hydrogen) atoms. The van der Waals surface area contributed by atoms with Crippen molar-refractivity contribution in [2.24, 2.45) is 0 Å². The third-order valence-electron chi connectivity index (χ3n) is 2.08. The van der Waals surface area contributed by atoms with Crippen LogP contribution in [0.25, 0.3) is 11.0 Å². The second-order valence-electron chi connectivity index (χ2n) is 3.36. The summed E-state index contributed by atoms with van der Waals surface area (Å²) in [5.41, 5.74) is 7.11. The molecule has 0 spiro atoms. The van der Waals surface area contributed by atoms with E-state index < -0.39 is 0 Å². The van der Waals surface area contributed by atoms with Gasteiger partial charge < -0.3 is 10.3 Å². The summed E-state index contributed by atoms with van der Waals surface area (Å²) in [6.07, 6.45) is 0. The van der Waals surface area contributed by atoms with Gasteiger partial charge in [0.1, 0.15) is 0 Å². The van der Waals surface area contributed by atoms with Crippen LogP contribution in [0, 0.1) is 11.8 Å². The van der Waals surface area contributed by atoms with Gasteiger partial charge in [-0.2, -0.15) is 0 Å². The molecule has 0 unspecified atom stereocenters. The molecular weight excluding hydrogens is 236 g/mol. The van der Waals surface area contributed by atoms with Crippen molar-refractivity contribution in [1.29, 1.82) is 0 Å². The molecule has 0 atom stereocenters. The molecule has 0 aliphatic heterocycles. The molecule has 5 heteroatoms. The first-order chi connectivity index (χ1) is 8.16. The fraction of sp³-hybridized carbons (Fsp3) is 0.167. The van der Waals surface area contributed by atoms with Gasteiger partial charge in [-0.15, -0.1) is 0 Å². The van der Waals surface area contributed by atoms with Crippen LogP contribution >= 0.6 is 11.8 Å². The number of anilines is 1. The summed E-state index contributed by atoms with van der Waals surface area (Å²) in [4.78, 5) is 10.7. The lowest BCUT2D eigenvalue weighted by Crippen LogP contribution is -1.84. The highest BCUT2D eigenvalue weighted by atomic mass is 32.2. The number of benzene rings is 1. The number of aromatic nitrogens is 1. The van der Waals surface area contributed by atoms with Crippen LogP contribution in [-0.2, 0) is 4.79 Å². The predicted octanol–water partition coefficient (Wildman–Crippen LogP) is 2.04. The second-order valence-corrected chi connectivity index (χ2v) is 4.51. The topological polar surface area (TPSA) is 69.1 Å². The first-order valence-electron chi connectivity index (χ1n) is 4.94. The highest BCUT2D eigenvalue weighted by Gasteiger charge is 2.04. The van der Waals surface area contributed by atoms with Crippen molar-refractivity contribution in [3.05, 3.63) is 23.8 Å². The monoisotopic (exact) mass is 246 g/mol. The summed E-state index contributed by atoms with van der Waals surface area (Å²) >= 11 is 1.19. The van der Waals surface area contributed by atoms with Gasteiger partial charge in [-0.25, -0.2) is 0 Å². The van der Waals surface area contributed by atoms with E-state index in [4.69, 9.17) is 10.3 Å². The number of rotatable bonds is 1. The minimum atomic E-state index is 0.0676. The molecule has 0 aliphatic carbocycles. The second kappa shape index (κ2) is 4.93. The quantitative estimate of drug-likeness (QED) is 0.780. The van der Waals surface area contributed by atoms with E-state index in [0.29, 0.717) is 17.2 Å². The van der Waals surface area contributed by atoms with E-state index in [2.05, 4.69) is 17.0 Å². The minimum Gasteiger partial charge on any atom is -0.380 e. The van der Waals surface area contributed by atoms with Crippen LogP contribution in [0.2, 0.25) is 0 Å². The number of carbonyl (C=O) groups is 1. The number of carbonyl (C=O) groups excluding carboxylic acids is 1. The molecule has 2 aromatic rings. The van der Waals surface area contributed by atoms with E-state index in [9.17, 15) is 4.79 Å². The number of hydrogen-bond donors (Lipinski definition) is 1. The van der Waals surface area contributed by atoms with Crippen LogP contribution in [0.15, 0.2) is 22.7 Å². The number of nitrogens with zero attached hydrogens (tertiary/aromatic N) is 1. The highest BCUT2D eigenvalue weighted by Crippen LogP contribution is 2.20. The van der Waals surface area contributed by atoms with Crippen molar-refractivity contribution in [3.63, 3.8) is 0 Å². The fourth-order valence-electron chi connectivity index (χ4n) is 1.31. The first-order valence-corrected chi connectivity index (χ1v) is 5.92. The minimum absolute atomic E-state index is 0.0676. The van der Waals surface area contributed by atoms with Crippen LogP contribution in [0.4, 0.5) is 5.82 Å². The molecule has 4 nitrogen and oxygen atoms in total. The summed E-state index contributed by atoms with van der Waals surface area (Å²) in [5.74, 6) is 6.73. The lowest BCUT2D eigenvalue weighted by Gasteiger charge is -1.90. The van der Waals surface area contributed by atoms with Crippen molar-refractivity contribution < 1.29 is 9.32 Å². The van der Waals surface area contributed by atoms with Gasteiger partial charge in [0.15, 0.2) is 16.5 Å². The highest BCUT2D eigenvalue weighted by molar-refractivity contribution is 8.13. The maximum atomic E-state index is 10.7. The molecule has 1 aromatic heterocycles. The van der Waals surface area contributed by atoms with Crippen molar-refractivity contribution in [3.8, 4) is 11.8 Å². The number of fused-ring (bicyclic) bond motifs is 1. The van der Waals surface area contributed by atoms with Gasteiger partial charge in [-0.1, -0.05) is 28.8 Å². The Morgan fingerprint density at radius 3 is 3.18 bits per heavy atom. The van der Waals surface area contributed by atoms with E-state index in [1.54, 1.807) is 6.07 Å². The SMILES string of the molecule is CC(=O)SCC#Cc1ccc2onc(N)c2c1. The lowest BCUT2D eigenvalue weighted by molar-refractivity contribution is -0.109. The zero-order valence-corrected chi connectivity index (χ0v) is 10.0. The maximum Gasteiger partial charge on any atom is 0.186 e. The molecule has 0 amide bonds. The summed E-state index contributed by atoms with van der Waals surface area (Å²) in [6, 6.07) is 5.44. The predicted molar refractivity (Wildman–Crippen MR) is 68.4 cm³/mol. The van der Waals surface area contributed by atoms with Crippen LogP contribution in [0.1, 0.15) is 12.5 Å². The van der Waals surface area contributed by atoms with E-state index in [1.807, 2.05) is 12.1 Å². The maximum absolute atomic E-state index is 10.7. The van der Waals surface area contributed by atoms with Gasteiger partial charge in [0, 0.05) is 12.5 Å². The first kappa shape index (κ1) is 11.6. The van der Waals surface area contributed by atoms with E-state index >= 15 is 0 Å². The molecule has 0 bridgehead atoms. The Bertz CT molecular complexity index is 622. The van der Waals surface area contributed by atoms with Crippen LogP contribution in [0.3, 0.4) is 0 Å². The summed E-state index contributed by atoms with van der Waals surface area (Å²) < 4.78 is 4.99. The third-order valence-corrected chi connectivity index (χ3v) is 2.77. The Balaban J connectivity index is 2.18. The zero-order valence-electron chi connectivity index (χ0n) is 9.19. The van der Waals surface area contributed by atoms with Crippen LogP contribution in [-0.4, -0.2) is 16.0 Å². The number of thioether (sulfide) groups is 1. The molecule has 0 aliphatic rings. The van der Waals surface area contributed by atoms with Crippen molar-refractivity contribution >= 4 is 33.7 Å². The Morgan fingerprint density at radius 2 is 2.41 bits per heavy atom. The summed E-state index contributed by atoms with van der Waals surface area (Å²) in [7, 11) is 0. The van der Waals surface area contributed by atoms with E-state index in [-0.39, 0.29) is 5.12 Å². The van der Waals surface area contributed by atoms with Gasteiger partial charge in [0.25, 0.3) is 0 Å². The van der Waals surface area contributed by atoms with Crippen LogP contribution in [0.5, 0.6) is 0 Å². The molecule has 0 fully saturated rings. The molecule has 1 aromatic carbocycles. The zero-order chi connectivity index (χ0) is 12.3. The normalized spacial score (nSPS) is 9.94. The summed E-state index contributed by atoms with van der Waals surface area (Å²) in [5, 5.41) is 4.49. The lowest BCUT2D eigenvalue weighted by atomic mass is 10.1. The number of hydrogen-bond acceptors (Lipinski definition) is 5. The Kier molecular flexibility index (Phi) is 3.35. The average molecular weight is 246 g/mol. The van der Waals surface area contributed by atoms with Gasteiger partial charge in [-0.05, 0) is 18.2 Å². The van der Waals surface area contributed by atoms with Gasteiger partial charge in [0.2, 0.25) is 0 Å². The van der Waals surface area contributed by atoms with Gasteiger partial charge in [-0.3, -0.25) is 4.79 Å². The Labute approximate surface area is 103 Å². The van der Waals surface area contributed by atoms with Gasteiger partial charge in [0.05, 0.1) is 11.1 Å². The van der Waals surface area contributed by atoms with Crippen molar-refractivity contribution in [2.75, 3.05) is 11.5 Å². The van der Waals surface area contributed by atoms with E-state index in [0.717, 1.165) is 10.9 Å². The van der Waals surface area contributed by atoms with E-state index in [1.165, 1.54) is 18.7 Å². The molecule has 86 valence electrons. The largest absolute Gasteiger partial charge is 0.380 e. The number of nitrogen functional groups attached to an aromatic ring is 1.